The minimum atomic E-state index is -0.129. The number of aryl methyl sites for hydroxylation is 1. The van der Waals surface area contributed by atoms with E-state index in [0.29, 0.717) is 22.9 Å². The van der Waals surface area contributed by atoms with Gasteiger partial charge >= 0.3 is 0 Å². The van der Waals surface area contributed by atoms with Gasteiger partial charge in [-0.15, -0.1) is 11.3 Å². The van der Waals surface area contributed by atoms with Crippen molar-refractivity contribution in [3.05, 3.63) is 86.8 Å². The highest BCUT2D eigenvalue weighted by Crippen LogP contribution is 2.39. The maximum Gasteiger partial charge on any atom is 0.261 e. The number of benzene rings is 1. The number of H-pyrrole nitrogens is 1. The van der Waals surface area contributed by atoms with E-state index in [-0.39, 0.29) is 22.9 Å². The van der Waals surface area contributed by atoms with Crippen molar-refractivity contribution in [2.24, 2.45) is 11.3 Å². The SMILES string of the molecule is CC(C)(C)[C@H]1CCc2nc3sc(C(=O)N[C@H](CCN4CC5CC4CO5)c4ccc(-c5ccc(=O)[nH]c5)cc4)cc3cc2C1. The Bertz CT molecular complexity index is 1680. The zero-order valence-electron chi connectivity index (χ0n) is 25.2. The molecule has 1 amide bonds. The van der Waals surface area contributed by atoms with Crippen molar-refractivity contribution in [2.75, 3.05) is 19.7 Å². The van der Waals surface area contributed by atoms with Gasteiger partial charge in [0.05, 0.1) is 23.6 Å². The lowest BCUT2D eigenvalue weighted by molar-refractivity contribution is 0.0291. The van der Waals surface area contributed by atoms with Crippen LogP contribution < -0.4 is 10.9 Å². The van der Waals surface area contributed by atoms with Gasteiger partial charge in [0.2, 0.25) is 5.56 Å². The smallest absolute Gasteiger partial charge is 0.261 e. The van der Waals surface area contributed by atoms with E-state index in [1.54, 1.807) is 12.3 Å². The third-order valence-corrected chi connectivity index (χ3v) is 10.8. The van der Waals surface area contributed by atoms with Crippen LogP contribution in [-0.4, -0.2) is 52.6 Å². The van der Waals surface area contributed by atoms with Crippen molar-refractivity contribution in [1.82, 2.24) is 20.2 Å². The summed E-state index contributed by atoms with van der Waals surface area (Å²) in [6.45, 7) is 9.68. The van der Waals surface area contributed by atoms with E-state index in [9.17, 15) is 9.59 Å². The van der Waals surface area contributed by atoms with E-state index in [0.717, 1.165) is 72.3 Å². The first-order valence-corrected chi connectivity index (χ1v) is 16.4. The summed E-state index contributed by atoms with van der Waals surface area (Å²) in [5.41, 5.74) is 5.75. The first-order chi connectivity index (χ1) is 20.7. The lowest BCUT2D eigenvalue weighted by Gasteiger charge is -2.34. The summed E-state index contributed by atoms with van der Waals surface area (Å²) < 4.78 is 5.81. The van der Waals surface area contributed by atoms with Gasteiger partial charge in [0.1, 0.15) is 4.83 Å². The van der Waals surface area contributed by atoms with Crippen LogP contribution in [-0.2, 0) is 17.6 Å². The minimum Gasteiger partial charge on any atom is -0.375 e. The fourth-order valence-electron chi connectivity index (χ4n) is 7.07. The molecule has 1 aliphatic carbocycles. The van der Waals surface area contributed by atoms with Gasteiger partial charge in [0, 0.05) is 42.5 Å². The number of aromatic amines is 1. The van der Waals surface area contributed by atoms with Gasteiger partial charge in [-0.1, -0.05) is 45.0 Å². The number of ether oxygens (including phenoxy) is 1. The van der Waals surface area contributed by atoms with E-state index >= 15 is 0 Å². The van der Waals surface area contributed by atoms with Crippen molar-refractivity contribution in [3.63, 3.8) is 0 Å². The first kappa shape index (κ1) is 28.4. The Labute approximate surface area is 256 Å². The lowest BCUT2D eigenvalue weighted by Crippen LogP contribution is -2.39. The highest BCUT2D eigenvalue weighted by molar-refractivity contribution is 7.20. The van der Waals surface area contributed by atoms with Crippen molar-refractivity contribution in [2.45, 2.75) is 71.1 Å². The molecular formula is C35H40N4O3S. The van der Waals surface area contributed by atoms with E-state index in [2.05, 4.69) is 66.3 Å². The zero-order valence-corrected chi connectivity index (χ0v) is 26.0. The van der Waals surface area contributed by atoms with E-state index in [1.807, 2.05) is 12.1 Å². The molecule has 2 saturated heterocycles. The normalized spacial score (nSPS) is 22.5. The van der Waals surface area contributed by atoms with Crippen LogP contribution in [0.5, 0.6) is 0 Å². The van der Waals surface area contributed by atoms with Crippen LogP contribution in [0.3, 0.4) is 0 Å². The molecule has 7 rings (SSSR count). The Morgan fingerprint density at radius 1 is 1.16 bits per heavy atom. The summed E-state index contributed by atoms with van der Waals surface area (Å²) >= 11 is 1.50. The van der Waals surface area contributed by atoms with Crippen molar-refractivity contribution < 1.29 is 9.53 Å². The second-order valence-corrected chi connectivity index (χ2v) is 14.7. The number of amides is 1. The van der Waals surface area contributed by atoms with Crippen LogP contribution in [0.15, 0.2) is 59.5 Å². The molecule has 4 atom stereocenters. The molecule has 0 spiro atoms. The van der Waals surface area contributed by atoms with Crippen molar-refractivity contribution in [1.29, 1.82) is 0 Å². The summed E-state index contributed by atoms with van der Waals surface area (Å²) in [7, 11) is 0. The third kappa shape index (κ3) is 5.93. The number of thiophene rings is 1. The highest BCUT2D eigenvalue weighted by Gasteiger charge is 2.39. The molecule has 43 heavy (non-hydrogen) atoms. The monoisotopic (exact) mass is 596 g/mol. The van der Waals surface area contributed by atoms with Gasteiger partial charge in [-0.05, 0) is 83.9 Å². The molecule has 3 aromatic heterocycles. The van der Waals surface area contributed by atoms with Gasteiger partial charge in [-0.3, -0.25) is 14.5 Å². The standard InChI is InChI=1S/C35H40N4O3S/c1-35(2,3)26-9-10-29-24(15-26)14-25-16-31(43-34(25)38-29)33(41)37-30(12-13-39-19-28-17-27(39)20-42-28)22-6-4-21(5-7-22)23-8-11-32(40)36-18-23/h4-8,11,14,16,18,26-28,30H,9-10,12-13,15,17,19-20H2,1-3H3,(H,36,40)(H,37,41)/t26-,27?,28?,30+/m0/s1. The summed E-state index contributed by atoms with van der Waals surface area (Å²) in [4.78, 5) is 37.2. The number of hydrogen-bond donors (Lipinski definition) is 2. The molecule has 8 heteroatoms. The molecule has 3 aliphatic rings. The molecule has 2 bridgehead atoms. The van der Waals surface area contributed by atoms with Crippen LogP contribution in [0.2, 0.25) is 0 Å². The Kier molecular flexibility index (Phi) is 7.48. The van der Waals surface area contributed by atoms with E-state index in [4.69, 9.17) is 9.72 Å². The average molecular weight is 597 g/mol. The van der Waals surface area contributed by atoms with Crippen LogP contribution in [0.25, 0.3) is 21.3 Å². The highest BCUT2D eigenvalue weighted by atomic mass is 32.1. The number of hydrogen-bond acceptors (Lipinski definition) is 6. The second kappa shape index (κ2) is 11.3. The molecule has 0 saturated carbocycles. The number of pyridine rings is 2. The number of fused-ring (bicyclic) bond motifs is 4. The Hall–Kier alpha value is -3.33. The van der Waals surface area contributed by atoms with E-state index in [1.165, 1.54) is 29.0 Å². The summed E-state index contributed by atoms with van der Waals surface area (Å²) in [5.74, 6) is 0.601. The molecule has 7 nitrogen and oxygen atoms in total. The molecule has 0 radical (unpaired) electrons. The summed E-state index contributed by atoms with van der Waals surface area (Å²) in [6, 6.07) is 16.3. The Balaban J connectivity index is 1.11. The number of nitrogens with zero attached hydrogens (tertiary/aromatic N) is 2. The number of morpholine rings is 1. The molecule has 2 aliphatic heterocycles. The molecule has 4 aromatic rings. The van der Waals surface area contributed by atoms with Crippen molar-refractivity contribution in [3.8, 4) is 11.1 Å². The first-order valence-electron chi connectivity index (χ1n) is 15.6. The molecule has 2 fully saturated rings. The number of carbonyl (C=O) groups excluding carboxylic acids is 1. The number of carbonyl (C=O) groups is 1. The molecule has 224 valence electrons. The lowest BCUT2D eigenvalue weighted by atomic mass is 9.71. The number of aromatic nitrogens is 2. The summed E-state index contributed by atoms with van der Waals surface area (Å²) in [6.07, 6.45) is 7.25. The number of likely N-dealkylation sites (tertiary alicyclic amines) is 1. The van der Waals surface area contributed by atoms with Gasteiger partial charge < -0.3 is 15.0 Å². The molecule has 2 unspecified atom stereocenters. The van der Waals surface area contributed by atoms with Gasteiger partial charge in [0.25, 0.3) is 5.91 Å². The zero-order chi connectivity index (χ0) is 29.7. The Morgan fingerprint density at radius 2 is 1.98 bits per heavy atom. The molecule has 2 N–H and O–H groups in total. The van der Waals surface area contributed by atoms with Gasteiger partial charge in [0.15, 0.2) is 0 Å². The van der Waals surface area contributed by atoms with Crippen LogP contribution in [0, 0.1) is 11.3 Å². The topological polar surface area (TPSA) is 87.3 Å². The maximum absolute atomic E-state index is 13.8. The quantitative estimate of drug-likeness (QED) is 0.268. The number of rotatable bonds is 7. The largest absolute Gasteiger partial charge is 0.375 e. The average Bonchev–Trinajstić information content (AvgIpc) is 3.74. The van der Waals surface area contributed by atoms with Crippen molar-refractivity contribution >= 4 is 27.5 Å². The second-order valence-electron chi connectivity index (χ2n) is 13.6. The predicted octanol–water partition coefficient (Wildman–Crippen LogP) is 6.14. The third-order valence-electron chi connectivity index (χ3n) is 9.78. The van der Waals surface area contributed by atoms with Gasteiger partial charge in [-0.25, -0.2) is 4.98 Å². The summed E-state index contributed by atoms with van der Waals surface area (Å²) in [5, 5.41) is 4.45. The molecule has 5 heterocycles. The van der Waals surface area contributed by atoms with E-state index < -0.39 is 0 Å². The fraction of sp³-hybridized carbons (Fsp3) is 0.457. The van der Waals surface area contributed by atoms with Crippen LogP contribution >= 0.6 is 11.3 Å². The predicted molar refractivity (Wildman–Crippen MR) is 172 cm³/mol. The minimum absolute atomic E-state index is 0.0467. The maximum atomic E-state index is 13.8. The Morgan fingerprint density at radius 3 is 2.67 bits per heavy atom. The van der Waals surface area contributed by atoms with Crippen LogP contribution in [0.4, 0.5) is 0 Å². The molecular weight excluding hydrogens is 556 g/mol. The molecule has 1 aromatic carbocycles. The number of nitrogens with one attached hydrogen (secondary N) is 2. The fourth-order valence-corrected chi connectivity index (χ4v) is 8.01. The van der Waals surface area contributed by atoms with Crippen LogP contribution in [0.1, 0.15) is 72.6 Å². The van der Waals surface area contributed by atoms with Gasteiger partial charge in [-0.2, -0.15) is 0 Å².